The van der Waals surface area contributed by atoms with Gasteiger partial charge in [-0.25, -0.2) is 4.98 Å². The third kappa shape index (κ3) is 2.61. The molecule has 0 spiro atoms. The van der Waals surface area contributed by atoms with Gasteiger partial charge in [-0.2, -0.15) is 0 Å². The van der Waals surface area contributed by atoms with Crippen molar-refractivity contribution >= 4 is 27.6 Å². The predicted molar refractivity (Wildman–Crippen MR) is 71.0 cm³/mol. The average molecular weight is 282 g/mol. The highest BCUT2D eigenvalue weighted by Crippen LogP contribution is 2.20. The van der Waals surface area contributed by atoms with Gasteiger partial charge in [0.1, 0.15) is 16.3 Å². The molecule has 2 rings (SSSR count). The molecule has 0 unspecified atom stereocenters. The Balaban J connectivity index is 2.18. The van der Waals surface area contributed by atoms with Crippen LogP contribution < -0.4 is 4.90 Å². The molecule has 2 heterocycles. The zero-order valence-electron chi connectivity index (χ0n) is 9.65. The SMILES string of the molecule is CC(C)CC1=NCCN1c1cccc(Br)n1. The standard InChI is InChI=1S/C12H16BrN3/c1-9(2)8-12-14-6-7-16(12)11-5-3-4-10(13)15-11/h3-5,9H,6-8H2,1-2H3. The molecule has 0 N–H and O–H groups in total. The van der Waals surface area contributed by atoms with Crippen molar-refractivity contribution in [3.8, 4) is 0 Å². The number of hydrogen-bond acceptors (Lipinski definition) is 3. The highest BCUT2D eigenvalue weighted by Gasteiger charge is 2.20. The monoisotopic (exact) mass is 281 g/mol. The molecule has 1 aliphatic rings. The zero-order chi connectivity index (χ0) is 11.5. The lowest BCUT2D eigenvalue weighted by Crippen LogP contribution is -2.29. The number of rotatable bonds is 3. The van der Waals surface area contributed by atoms with Crippen LogP contribution in [-0.2, 0) is 0 Å². The summed E-state index contributed by atoms with van der Waals surface area (Å²) in [4.78, 5) is 11.2. The molecule has 0 amide bonds. The van der Waals surface area contributed by atoms with Crippen LogP contribution in [0.15, 0.2) is 27.8 Å². The molecule has 0 radical (unpaired) electrons. The molecule has 1 aliphatic heterocycles. The van der Waals surface area contributed by atoms with Crippen LogP contribution in [0.3, 0.4) is 0 Å². The van der Waals surface area contributed by atoms with Gasteiger partial charge < -0.3 is 4.90 Å². The molecule has 0 bridgehead atoms. The van der Waals surface area contributed by atoms with E-state index in [-0.39, 0.29) is 0 Å². The van der Waals surface area contributed by atoms with E-state index in [4.69, 9.17) is 0 Å². The summed E-state index contributed by atoms with van der Waals surface area (Å²) in [5, 5.41) is 0. The molecular formula is C12H16BrN3. The number of halogens is 1. The van der Waals surface area contributed by atoms with Crippen LogP contribution in [0.25, 0.3) is 0 Å². The van der Waals surface area contributed by atoms with Gasteiger partial charge in [0.2, 0.25) is 0 Å². The van der Waals surface area contributed by atoms with E-state index in [0.717, 1.165) is 29.9 Å². The fourth-order valence-electron chi connectivity index (χ4n) is 1.83. The number of hydrogen-bond donors (Lipinski definition) is 0. The van der Waals surface area contributed by atoms with Crippen molar-refractivity contribution in [2.24, 2.45) is 10.9 Å². The van der Waals surface area contributed by atoms with Crippen molar-refractivity contribution < 1.29 is 0 Å². The number of amidine groups is 1. The maximum atomic E-state index is 4.55. The second-order valence-electron chi connectivity index (χ2n) is 4.37. The fraction of sp³-hybridized carbons (Fsp3) is 0.500. The summed E-state index contributed by atoms with van der Waals surface area (Å²) in [5.41, 5.74) is 0. The Morgan fingerprint density at radius 3 is 2.94 bits per heavy atom. The number of pyridine rings is 1. The molecule has 0 fully saturated rings. The second-order valence-corrected chi connectivity index (χ2v) is 5.18. The third-order valence-corrected chi connectivity index (χ3v) is 2.94. The first-order chi connectivity index (χ1) is 7.66. The minimum atomic E-state index is 0.631. The summed E-state index contributed by atoms with van der Waals surface area (Å²) < 4.78 is 0.876. The molecule has 86 valence electrons. The van der Waals surface area contributed by atoms with Gasteiger partial charge in [0, 0.05) is 13.0 Å². The third-order valence-electron chi connectivity index (χ3n) is 2.50. The van der Waals surface area contributed by atoms with E-state index in [1.807, 2.05) is 18.2 Å². The number of aliphatic imine (C=N–C) groups is 1. The van der Waals surface area contributed by atoms with Crippen molar-refractivity contribution in [1.29, 1.82) is 0 Å². The van der Waals surface area contributed by atoms with E-state index >= 15 is 0 Å². The molecule has 0 atom stereocenters. The predicted octanol–water partition coefficient (Wildman–Crippen LogP) is 3.11. The minimum absolute atomic E-state index is 0.631. The van der Waals surface area contributed by atoms with Crippen LogP contribution in [0, 0.1) is 5.92 Å². The number of anilines is 1. The average Bonchev–Trinajstić information content (AvgIpc) is 2.65. The van der Waals surface area contributed by atoms with Crippen LogP contribution >= 0.6 is 15.9 Å². The van der Waals surface area contributed by atoms with E-state index in [1.165, 1.54) is 5.84 Å². The maximum Gasteiger partial charge on any atom is 0.135 e. The quantitative estimate of drug-likeness (QED) is 0.797. The van der Waals surface area contributed by atoms with E-state index in [9.17, 15) is 0 Å². The first-order valence-electron chi connectivity index (χ1n) is 5.60. The maximum absolute atomic E-state index is 4.55. The van der Waals surface area contributed by atoms with E-state index < -0.39 is 0 Å². The molecule has 0 aliphatic carbocycles. The summed E-state index contributed by atoms with van der Waals surface area (Å²) >= 11 is 3.40. The molecule has 0 saturated heterocycles. The molecule has 0 saturated carbocycles. The van der Waals surface area contributed by atoms with Crippen molar-refractivity contribution in [3.63, 3.8) is 0 Å². The van der Waals surface area contributed by atoms with Crippen LogP contribution in [0.2, 0.25) is 0 Å². The molecule has 1 aromatic heterocycles. The molecule has 1 aromatic rings. The van der Waals surface area contributed by atoms with Gasteiger partial charge in [-0.1, -0.05) is 19.9 Å². The van der Waals surface area contributed by atoms with Gasteiger partial charge in [-0.3, -0.25) is 4.99 Å². The highest BCUT2D eigenvalue weighted by molar-refractivity contribution is 9.10. The second kappa shape index (κ2) is 4.95. The van der Waals surface area contributed by atoms with E-state index in [0.29, 0.717) is 5.92 Å². The Morgan fingerprint density at radius 2 is 2.25 bits per heavy atom. The summed E-state index contributed by atoms with van der Waals surface area (Å²) in [5.74, 6) is 2.79. The Kier molecular flexibility index (Phi) is 3.59. The minimum Gasteiger partial charge on any atom is -0.313 e. The Bertz CT molecular complexity index is 401. The van der Waals surface area contributed by atoms with Gasteiger partial charge in [0.25, 0.3) is 0 Å². The van der Waals surface area contributed by atoms with Crippen LogP contribution in [0.5, 0.6) is 0 Å². The van der Waals surface area contributed by atoms with Gasteiger partial charge >= 0.3 is 0 Å². The molecule has 4 heteroatoms. The first kappa shape index (κ1) is 11.6. The topological polar surface area (TPSA) is 28.5 Å². The van der Waals surface area contributed by atoms with E-state index in [1.54, 1.807) is 0 Å². The lowest BCUT2D eigenvalue weighted by Gasteiger charge is -2.20. The van der Waals surface area contributed by atoms with Gasteiger partial charge in [-0.05, 0) is 34.0 Å². The highest BCUT2D eigenvalue weighted by atomic mass is 79.9. The smallest absolute Gasteiger partial charge is 0.135 e. The van der Waals surface area contributed by atoms with Crippen molar-refractivity contribution in [3.05, 3.63) is 22.8 Å². The van der Waals surface area contributed by atoms with Gasteiger partial charge in [0.05, 0.1) is 6.54 Å². The van der Waals surface area contributed by atoms with Crippen LogP contribution in [0.1, 0.15) is 20.3 Å². The van der Waals surface area contributed by atoms with Gasteiger partial charge in [0.15, 0.2) is 0 Å². The van der Waals surface area contributed by atoms with E-state index in [2.05, 4.69) is 44.7 Å². The lowest BCUT2D eigenvalue weighted by atomic mass is 10.1. The summed E-state index contributed by atoms with van der Waals surface area (Å²) in [6.45, 7) is 6.27. The fourth-order valence-corrected chi connectivity index (χ4v) is 2.16. The zero-order valence-corrected chi connectivity index (χ0v) is 11.2. The summed E-state index contributed by atoms with van der Waals surface area (Å²) in [6.07, 6.45) is 1.02. The van der Waals surface area contributed by atoms with Crippen LogP contribution in [-0.4, -0.2) is 23.9 Å². The van der Waals surface area contributed by atoms with Crippen LogP contribution in [0.4, 0.5) is 5.82 Å². The van der Waals surface area contributed by atoms with Crippen molar-refractivity contribution in [2.45, 2.75) is 20.3 Å². The van der Waals surface area contributed by atoms with Gasteiger partial charge in [-0.15, -0.1) is 0 Å². The molecular weight excluding hydrogens is 266 g/mol. The normalized spacial score (nSPS) is 15.8. The van der Waals surface area contributed by atoms with Crippen molar-refractivity contribution in [2.75, 3.05) is 18.0 Å². The largest absolute Gasteiger partial charge is 0.313 e. The first-order valence-corrected chi connectivity index (χ1v) is 6.39. The summed E-state index contributed by atoms with van der Waals surface area (Å²) in [7, 11) is 0. The number of aromatic nitrogens is 1. The lowest BCUT2D eigenvalue weighted by molar-refractivity contribution is 0.679. The van der Waals surface area contributed by atoms with Crippen molar-refractivity contribution in [1.82, 2.24) is 4.98 Å². The Morgan fingerprint density at radius 1 is 1.44 bits per heavy atom. The Hall–Kier alpha value is -0.900. The number of nitrogens with zero attached hydrogens (tertiary/aromatic N) is 3. The summed E-state index contributed by atoms with van der Waals surface area (Å²) in [6, 6.07) is 5.99. The molecule has 0 aromatic carbocycles. The molecule has 16 heavy (non-hydrogen) atoms. The Labute approximate surface area is 105 Å². The molecule has 3 nitrogen and oxygen atoms in total.